The molecule has 1 aromatic heterocycles. The van der Waals surface area contributed by atoms with E-state index in [1.807, 2.05) is 0 Å². The van der Waals surface area contributed by atoms with E-state index in [-0.39, 0.29) is 0 Å². The minimum Gasteiger partial charge on any atom is -0.380 e. The minimum absolute atomic E-state index is 0.492. The zero-order valence-corrected chi connectivity index (χ0v) is 19.3. The molecule has 0 amide bonds. The third-order valence-corrected chi connectivity index (χ3v) is 6.27. The van der Waals surface area contributed by atoms with Crippen LogP contribution in [0.1, 0.15) is 27.7 Å². The fourth-order valence-corrected chi connectivity index (χ4v) is 4.41. The van der Waals surface area contributed by atoms with Crippen LogP contribution in [0.15, 0.2) is 12.4 Å². The Morgan fingerprint density at radius 2 is 1.27 bits per heavy atom. The second-order valence-corrected chi connectivity index (χ2v) is 8.29. The number of rotatable bonds is 10. The Hall–Kier alpha value is -1.48. The van der Waals surface area contributed by atoms with Gasteiger partial charge in [-0.2, -0.15) is 0 Å². The van der Waals surface area contributed by atoms with Crippen LogP contribution in [0, 0.1) is 0 Å². The van der Waals surface area contributed by atoms with Crippen molar-refractivity contribution in [3.63, 3.8) is 0 Å². The van der Waals surface area contributed by atoms with Crippen LogP contribution in [-0.2, 0) is 9.47 Å². The number of piperazine rings is 2. The smallest absolute Gasteiger partial charge is 0.134 e. The summed E-state index contributed by atoms with van der Waals surface area (Å²) >= 11 is 0. The van der Waals surface area contributed by atoms with Crippen molar-refractivity contribution in [1.29, 1.82) is 0 Å². The third kappa shape index (κ3) is 6.26. The van der Waals surface area contributed by atoms with Gasteiger partial charge in [-0.05, 0) is 27.7 Å². The molecule has 0 spiro atoms. The van der Waals surface area contributed by atoms with Gasteiger partial charge < -0.3 is 19.3 Å². The summed E-state index contributed by atoms with van der Waals surface area (Å²) in [5.74, 6) is 2.09. The molecule has 0 N–H and O–H groups in total. The Kier molecular flexibility index (Phi) is 9.11. The molecule has 0 radical (unpaired) electrons. The van der Waals surface area contributed by atoms with Gasteiger partial charge in [0, 0.05) is 83.7 Å². The van der Waals surface area contributed by atoms with Gasteiger partial charge in [-0.1, -0.05) is 0 Å². The van der Waals surface area contributed by atoms with E-state index in [1.165, 1.54) is 0 Å². The summed E-state index contributed by atoms with van der Waals surface area (Å²) in [5, 5.41) is 0. The van der Waals surface area contributed by atoms with Crippen molar-refractivity contribution >= 4 is 11.6 Å². The molecular weight excluding hydrogens is 380 g/mol. The molecule has 2 saturated heterocycles. The first-order chi connectivity index (χ1) is 14.6. The summed E-state index contributed by atoms with van der Waals surface area (Å²) in [6.45, 7) is 20.0. The number of aromatic nitrogens is 2. The van der Waals surface area contributed by atoms with E-state index in [0.717, 1.165) is 90.4 Å². The summed E-state index contributed by atoms with van der Waals surface area (Å²) in [7, 11) is 0. The molecule has 8 heteroatoms. The monoisotopic (exact) mass is 420 g/mol. The van der Waals surface area contributed by atoms with Crippen LogP contribution in [-0.4, -0.2) is 111 Å². The second-order valence-electron chi connectivity index (χ2n) is 8.29. The molecule has 3 heterocycles. The second kappa shape index (κ2) is 11.8. The van der Waals surface area contributed by atoms with Crippen LogP contribution in [0.2, 0.25) is 0 Å². The highest BCUT2D eigenvalue weighted by atomic mass is 16.5. The van der Waals surface area contributed by atoms with Crippen molar-refractivity contribution < 1.29 is 9.47 Å². The maximum absolute atomic E-state index is 5.53. The molecule has 2 fully saturated rings. The highest BCUT2D eigenvalue weighted by Gasteiger charge is 2.27. The molecule has 2 atom stereocenters. The maximum Gasteiger partial charge on any atom is 0.134 e. The van der Waals surface area contributed by atoms with Crippen LogP contribution >= 0.6 is 0 Å². The molecule has 0 aromatic carbocycles. The van der Waals surface area contributed by atoms with Gasteiger partial charge in [-0.25, -0.2) is 9.97 Å². The Bertz CT molecular complexity index is 584. The molecule has 8 nitrogen and oxygen atoms in total. The van der Waals surface area contributed by atoms with Gasteiger partial charge >= 0.3 is 0 Å². The molecule has 0 bridgehead atoms. The third-order valence-electron chi connectivity index (χ3n) is 6.27. The minimum atomic E-state index is 0.492. The van der Waals surface area contributed by atoms with Gasteiger partial charge in [0.05, 0.1) is 13.2 Å². The number of ether oxygens (including phenoxy) is 2. The number of hydrogen-bond donors (Lipinski definition) is 0. The zero-order chi connectivity index (χ0) is 21.3. The first-order valence-electron chi connectivity index (χ1n) is 11.6. The van der Waals surface area contributed by atoms with Crippen molar-refractivity contribution in [3.05, 3.63) is 12.4 Å². The maximum atomic E-state index is 5.53. The lowest BCUT2D eigenvalue weighted by atomic mass is 10.1. The molecule has 3 rings (SSSR count). The Labute approximate surface area is 182 Å². The van der Waals surface area contributed by atoms with E-state index in [0.29, 0.717) is 12.1 Å². The van der Waals surface area contributed by atoms with E-state index in [2.05, 4.69) is 63.3 Å². The number of hydrogen-bond acceptors (Lipinski definition) is 8. The normalized spacial score (nSPS) is 23.9. The molecule has 2 unspecified atom stereocenters. The predicted molar refractivity (Wildman–Crippen MR) is 122 cm³/mol. The lowest BCUT2D eigenvalue weighted by Gasteiger charge is -2.41. The van der Waals surface area contributed by atoms with E-state index < -0.39 is 0 Å². The van der Waals surface area contributed by atoms with Crippen LogP contribution in [0.25, 0.3) is 0 Å². The predicted octanol–water partition coefficient (Wildman–Crippen LogP) is 1.57. The topological polar surface area (TPSA) is 57.2 Å². The Morgan fingerprint density at radius 3 is 1.67 bits per heavy atom. The number of nitrogens with zero attached hydrogens (tertiary/aromatic N) is 6. The van der Waals surface area contributed by atoms with Gasteiger partial charge in [-0.3, -0.25) is 9.80 Å². The average Bonchev–Trinajstić information content (AvgIpc) is 2.76. The largest absolute Gasteiger partial charge is 0.380 e. The highest BCUT2D eigenvalue weighted by Crippen LogP contribution is 2.23. The van der Waals surface area contributed by atoms with Gasteiger partial charge in [0.15, 0.2) is 0 Å². The van der Waals surface area contributed by atoms with Crippen molar-refractivity contribution in [2.45, 2.75) is 39.8 Å². The summed E-state index contributed by atoms with van der Waals surface area (Å²) in [5.41, 5.74) is 0. The highest BCUT2D eigenvalue weighted by molar-refractivity contribution is 5.51. The standard InChI is InChI=1S/C22H40N6O2/c1-5-29-13-11-25-7-9-27(16-19(25)3)21-15-22(24-18-23-21)28-10-8-26(20(4)17-28)12-14-30-6-2/h15,18-20H,5-14,16-17H2,1-4H3. The summed E-state index contributed by atoms with van der Waals surface area (Å²) < 4.78 is 11.1. The van der Waals surface area contributed by atoms with Gasteiger partial charge in [0.1, 0.15) is 18.0 Å². The first kappa shape index (κ1) is 23.2. The molecule has 0 aliphatic carbocycles. The van der Waals surface area contributed by atoms with Crippen LogP contribution < -0.4 is 9.80 Å². The summed E-state index contributed by atoms with van der Waals surface area (Å²) in [4.78, 5) is 19.0. The molecule has 0 saturated carbocycles. The molecule has 2 aliphatic heterocycles. The molecule has 2 aliphatic rings. The zero-order valence-electron chi connectivity index (χ0n) is 19.3. The molecule has 1 aromatic rings. The first-order valence-corrected chi connectivity index (χ1v) is 11.6. The van der Waals surface area contributed by atoms with Gasteiger partial charge in [-0.15, -0.1) is 0 Å². The van der Waals surface area contributed by atoms with Gasteiger partial charge in [0.25, 0.3) is 0 Å². The fraction of sp³-hybridized carbons (Fsp3) is 0.818. The molecular formula is C22H40N6O2. The summed E-state index contributed by atoms with van der Waals surface area (Å²) in [6, 6.07) is 3.16. The van der Waals surface area contributed by atoms with Crippen molar-refractivity contribution in [2.75, 3.05) is 88.6 Å². The van der Waals surface area contributed by atoms with Crippen LogP contribution in [0.3, 0.4) is 0 Å². The van der Waals surface area contributed by atoms with Crippen LogP contribution in [0.4, 0.5) is 11.6 Å². The van der Waals surface area contributed by atoms with Crippen molar-refractivity contribution in [1.82, 2.24) is 19.8 Å². The summed E-state index contributed by atoms with van der Waals surface area (Å²) in [6.07, 6.45) is 1.73. The lowest BCUT2D eigenvalue weighted by Crippen LogP contribution is -2.53. The quantitative estimate of drug-likeness (QED) is 0.529. The lowest BCUT2D eigenvalue weighted by molar-refractivity contribution is 0.0923. The van der Waals surface area contributed by atoms with E-state index >= 15 is 0 Å². The van der Waals surface area contributed by atoms with Crippen molar-refractivity contribution in [2.24, 2.45) is 0 Å². The molecule has 170 valence electrons. The molecule has 30 heavy (non-hydrogen) atoms. The fourth-order valence-electron chi connectivity index (χ4n) is 4.41. The average molecular weight is 421 g/mol. The van der Waals surface area contributed by atoms with Gasteiger partial charge in [0.2, 0.25) is 0 Å². The Balaban J connectivity index is 1.54. The van der Waals surface area contributed by atoms with E-state index in [4.69, 9.17) is 9.47 Å². The van der Waals surface area contributed by atoms with Crippen LogP contribution in [0.5, 0.6) is 0 Å². The van der Waals surface area contributed by atoms with E-state index in [9.17, 15) is 0 Å². The number of anilines is 2. The van der Waals surface area contributed by atoms with E-state index in [1.54, 1.807) is 6.33 Å². The Morgan fingerprint density at radius 1 is 0.800 bits per heavy atom. The SMILES string of the molecule is CCOCCN1CCN(c2cc(N3CCN(CCOCC)C(C)C3)ncn2)CC1C. The van der Waals surface area contributed by atoms with Crippen molar-refractivity contribution in [3.8, 4) is 0 Å².